The number of aromatic nitrogens is 1. The van der Waals surface area contributed by atoms with E-state index in [1.165, 1.54) is 54.2 Å². The van der Waals surface area contributed by atoms with Crippen molar-refractivity contribution in [3.05, 3.63) is 55.3 Å². The maximum Gasteiger partial charge on any atom is 0.331 e. The van der Waals surface area contributed by atoms with Crippen LogP contribution >= 0.6 is 57.5 Å². The van der Waals surface area contributed by atoms with Crippen LogP contribution in [0.25, 0.3) is 16.6 Å². The lowest BCUT2D eigenvalue weighted by Crippen LogP contribution is -2.45. The molecule has 0 spiro atoms. The first-order chi connectivity index (χ1) is 20.2. The number of amides is 1. The van der Waals surface area contributed by atoms with Crippen molar-refractivity contribution in [1.82, 2.24) is 9.88 Å². The third-order valence-electron chi connectivity index (χ3n) is 8.21. The quantitative estimate of drug-likeness (QED) is 0.256. The molecule has 3 saturated heterocycles. The third kappa shape index (κ3) is 6.08. The zero-order valence-electron chi connectivity index (χ0n) is 22.7. The maximum atomic E-state index is 13.3. The molecular weight excluding hydrogens is 639 g/mol. The van der Waals surface area contributed by atoms with Gasteiger partial charge in [-0.05, 0) is 62.9 Å². The summed E-state index contributed by atoms with van der Waals surface area (Å²) in [7, 11) is 0. The van der Waals surface area contributed by atoms with Gasteiger partial charge in [0, 0.05) is 60.5 Å². The van der Waals surface area contributed by atoms with Gasteiger partial charge < -0.3 is 14.7 Å². The summed E-state index contributed by atoms with van der Waals surface area (Å²) in [5.74, 6) is -0.900. The highest BCUT2D eigenvalue weighted by atomic mass is 35.5. The largest absolute Gasteiger partial charge is 0.478 e. The molecule has 0 radical (unpaired) electrons. The van der Waals surface area contributed by atoms with Crippen LogP contribution in [0, 0.1) is 5.92 Å². The topological polar surface area (TPSA) is 95.0 Å². The van der Waals surface area contributed by atoms with Gasteiger partial charge in [0.05, 0.1) is 19.9 Å². The number of hydrogen-bond donors (Lipinski definition) is 2. The molecular formula is C29H29Cl3N4O4S2. The predicted octanol–water partition coefficient (Wildman–Crippen LogP) is 7.26. The first-order valence-electron chi connectivity index (χ1n) is 13.7. The van der Waals surface area contributed by atoms with Crippen molar-refractivity contribution in [2.75, 3.05) is 43.1 Å². The smallest absolute Gasteiger partial charge is 0.331 e. The minimum atomic E-state index is -1.08. The van der Waals surface area contributed by atoms with Crippen LogP contribution in [-0.4, -0.2) is 71.8 Å². The molecule has 1 aromatic carbocycles. The fourth-order valence-electron chi connectivity index (χ4n) is 6.11. The Kier molecular flexibility index (Phi) is 8.85. The summed E-state index contributed by atoms with van der Waals surface area (Å²) in [6, 6.07) is 5.94. The van der Waals surface area contributed by atoms with E-state index >= 15 is 0 Å². The monoisotopic (exact) mass is 666 g/mol. The van der Waals surface area contributed by atoms with Crippen LogP contribution in [0.3, 0.4) is 0 Å². The first-order valence-corrected chi connectivity index (χ1v) is 16.6. The molecule has 42 heavy (non-hydrogen) atoms. The Balaban J connectivity index is 1.25. The maximum absolute atomic E-state index is 13.3. The molecule has 3 fully saturated rings. The van der Waals surface area contributed by atoms with E-state index in [1.807, 2.05) is 11.4 Å². The molecule has 5 heterocycles. The van der Waals surface area contributed by atoms with Gasteiger partial charge >= 0.3 is 5.97 Å². The number of rotatable bonds is 7. The number of ether oxygens (including phenoxy) is 1. The van der Waals surface area contributed by atoms with Gasteiger partial charge in [-0.2, -0.15) is 0 Å². The number of hydrogen-bond acceptors (Lipinski definition) is 8. The number of anilines is 2. The van der Waals surface area contributed by atoms with E-state index in [9.17, 15) is 14.7 Å². The highest BCUT2D eigenvalue weighted by molar-refractivity contribution is 7.21. The number of fused-ring (bicyclic) bond motifs is 1. The number of likely N-dealkylation sites (tertiary alicyclic amines) is 1. The van der Waals surface area contributed by atoms with E-state index in [-0.39, 0.29) is 21.2 Å². The number of carbonyl (C=O) groups is 2. The number of carboxylic acid groups (broad SMARTS) is 1. The summed E-state index contributed by atoms with van der Waals surface area (Å²) in [5, 5.41) is 16.5. The van der Waals surface area contributed by atoms with Gasteiger partial charge in [-0.15, -0.1) is 11.3 Å². The molecule has 0 bridgehead atoms. The average molecular weight is 668 g/mol. The molecule has 222 valence electrons. The van der Waals surface area contributed by atoms with Crippen LogP contribution in [0.1, 0.15) is 42.1 Å². The molecule has 2 unspecified atom stereocenters. The fourth-order valence-corrected chi connectivity index (χ4v) is 8.83. The van der Waals surface area contributed by atoms with Gasteiger partial charge in [-0.25, -0.2) is 9.78 Å². The van der Waals surface area contributed by atoms with Crippen molar-refractivity contribution >= 4 is 85.6 Å². The fraction of sp³-hybridized carbons (Fsp3) is 0.414. The number of carbonyl (C=O) groups excluding carboxylic acids is 1. The standard InChI is InChI=1S/C29H29Cl3N4O4S2/c1-15(28(38)39)8-20-21(31)9-17(10-22(20)32)26(37)34-29-33-25(24-11-18(30)14-41-24)27(42-29)35-12-16-2-5-36(23(16)13-35)19-3-6-40-7-4-19/h8-11,14,16,19,23H,2-7,12-13H2,1H3,(H,38,39)(H,33,34,37)/b15-8+. The zero-order chi connectivity index (χ0) is 29.5. The highest BCUT2D eigenvalue weighted by Gasteiger charge is 2.45. The molecule has 13 heteroatoms. The molecule has 2 aromatic heterocycles. The number of thiophene rings is 1. The predicted molar refractivity (Wildman–Crippen MR) is 171 cm³/mol. The van der Waals surface area contributed by atoms with Crippen molar-refractivity contribution in [3.63, 3.8) is 0 Å². The summed E-state index contributed by atoms with van der Waals surface area (Å²) in [5.41, 5.74) is 1.48. The Morgan fingerprint density at radius 3 is 2.52 bits per heavy atom. The van der Waals surface area contributed by atoms with Crippen LogP contribution in [0.4, 0.5) is 10.1 Å². The van der Waals surface area contributed by atoms with Crippen LogP contribution < -0.4 is 10.2 Å². The number of carboxylic acids is 1. The highest BCUT2D eigenvalue weighted by Crippen LogP contribution is 2.46. The third-order valence-corrected chi connectivity index (χ3v) is 11.1. The second-order valence-corrected chi connectivity index (χ2v) is 14.0. The van der Waals surface area contributed by atoms with E-state index in [0.717, 1.165) is 61.3 Å². The van der Waals surface area contributed by atoms with E-state index in [2.05, 4.69) is 15.1 Å². The second-order valence-electron chi connectivity index (χ2n) is 10.8. The van der Waals surface area contributed by atoms with Gasteiger partial charge in [0.15, 0.2) is 5.13 Å². The zero-order valence-corrected chi connectivity index (χ0v) is 26.6. The van der Waals surface area contributed by atoms with E-state index in [4.69, 9.17) is 44.5 Å². The molecule has 6 rings (SSSR count). The minimum Gasteiger partial charge on any atom is -0.478 e. The van der Waals surface area contributed by atoms with Gasteiger partial charge in [0.1, 0.15) is 10.7 Å². The lowest BCUT2D eigenvalue weighted by molar-refractivity contribution is -0.132. The Labute approximate surface area is 266 Å². The van der Waals surface area contributed by atoms with Crippen molar-refractivity contribution < 1.29 is 19.4 Å². The van der Waals surface area contributed by atoms with E-state index < -0.39 is 11.9 Å². The molecule has 3 aliphatic heterocycles. The first kappa shape index (κ1) is 29.9. The Hall–Kier alpha value is -2.18. The Morgan fingerprint density at radius 2 is 1.86 bits per heavy atom. The molecule has 2 N–H and O–H groups in total. The molecule has 3 aliphatic rings. The van der Waals surface area contributed by atoms with Gasteiger partial charge in [0.2, 0.25) is 0 Å². The molecule has 0 saturated carbocycles. The molecule has 8 nitrogen and oxygen atoms in total. The summed E-state index contributed by atoms with van der Waals surface area (Å²) < 4.78 is 5.61. The normalized spacial score (nSPS) is 21.6. The van der Waals surface area contributed by atoms with Crippen molar-refractivity contribution in [2.24, 2.45) is 5.92 Å². The lowest BCUT2D eigenvalue weighted by Gasteiger charge is -2.35. The molecule has 1 amide bonds. The van der Waals surface area contributed by atoms with Crippen LogP contribution in [0.2, 0.25) is 15.1 Å². The van der Waals surface area contributed by atoms with Gasteiger partial charge in [-0.1, -0.05) is 46.1 Å². The van der Waals surface area contributed by atoms with E-state index in [1.54, 1.807) is 0 Å². The molecule has 3 aromatic rings. The summed E-state index contributed by atoms with van der Waals surface area (Å²) in [6.45, 7) is 6.12. The summed E-state index contributed by atoms with van der Waals surface area (Å²) in [4.78, 5) is 35.4. The van der Waals surface area contributed by atoms with Crippen LogP contribution in [-0.2, 0) is 9.53 Å². The lowest BCUT2D eigenvalue weighted by atomic mass is 10.0. The number of benzene rings is 1. The van der Waals surface area contributed by atoms with Crippen molar-refractivity contribution in [2.45, 2.75) is 38.3 Å². The number of halogens is 3. The summed E-state index contributed by atoms with van der Waals surface area (Å²) >= 11 is 22.1. The van der Waals surface area contributed by atoms with Crippen LogP contribution in [0.5, 0.6) is 0 Å². The van der Waals surface area contributed by atoms with Gasteiger partial charge in [-0.3, -0.25) is 15.0 Å². The van der Waals surface area contributed by atoms with Crippen molar-refractivity contribution in [3.8, 4) is 10.6 Å². The molecule has 0 aliphatic carbocycles. The van der Waals surface area contributed by atoms with Crippen molar-refractivity contribution in [1.29, 1.82) is 0 Å². The van der Waals surface area contributed by atoms with Crippen LogP contribution in [0.15, 0.2) is 29.2 Å². The average Bonchev–Trinajstić information content (AvgIpc) is 3.74. The SMILES string of the molecule is C/C(=C\c1c(Cl)cc(C(=O)Nc2nc(-c3cc(Cl)cs3)c(N3CC4CCN(C5CCOCC5)C4C3)s2)cc1Cl)C(=O)O. The number of nitrogens with zero attached hydrogens (tertiary/aromatic N) is 3. The Morgan fingerprint density at radius 1 is 1.12 bits per heavy atom. The molecule has 2 atom stereocenters. The minimum absolute atomic E-state index is 0.0782. The summed E-state index contributed by atoms with van der Waals surface area (Å²) in [6.07, 6.45) is 4.74. The number of nitrogens with one attached hydrogen (secondary N) is 1. The van der Waals surface area contributed by atoms with E-state index in [0.29, 0.717) is 33.7 Å². The van der Waals surface area contributed by atoms with Gasteiger partial charge in [0.25, 0.3) is 5.91 Å². The second kappa shape index (κ2) is 12.4. The number of thiazole rings is 1. The Bertz CT molecular complexity index is 1530. The number of aliphatic carboxylic acids is 1.